The van der Waals surface area contributed by atoms with Crippen LogP contribution < -0.4 is 0 Å². The van der Waals surface area contributed by atoms with Crippen LogP contribution in [0.3, 0.4) is 0 Å². The number of rotatable bonds is 4. The predicted octanol–water partition coefficient (Wildman–Crippen LogP) is 0.930. The lowest BCUT2D eigenvalue weighted by Gasteiger charge is -1.98. The average molecular weight is 227 g/mol. The number of carbonyl (C=O) groups excluding carboxylic acids is 1. The molecule has 0 saturated heterocycles. The molecular formula is C9H6FNO5. The number of carbonyl (C=O) groups is 2. The number of halogens is 1. The minimum Gasteiger partial charge on any atom is -0.475 e. The van der Waals surface area contributed by atoms with E-state index in [2.05, 4.69) is 0 Å². The van der Waals surface area contributed by atoms with E-state index in [4.69, 9.17) is 5.11 Å². The van der Waals surface area contributed by atoms with Crippen LogP contribution in [0.2, 0.25) is 0 Å². The lowest BCUT2D eigenvalue weighted by atomic mass is 10.1. The van der Waals surface area contributed by atoms with Crippen LogP contribution in [0, 0.1) is 15.9 Å². The van der Waals surface area contributed by atoms with Crippen molar-refractivity contribution in [3.63, 3.8) is 0 Å². The molecule has 7 heteroatoms. The summed E-state index contributed by atoms with van der Waals surface area (Å²) < 4.78 is 13.1. The van der Waals surface area contributed by atoms with Gasteiger partial charge in [0.15, 0.2) is 0 Å². The van der Waals surface area contributed by atoms with Crippen LogP contribution in [0.15, 0.2) is 18.2 Å². The van der Waals surface area contributed by atoms with Crippen LogP contribution in [0.4, 0.5) is 10.1 Å². The van der Waals surface area contributed by atoms with Gasteiger partial charge in [-0.25, -0.2) is 4.79 Å². The third-order valence-electron chi connectivity index (χ3n) is 1.81. The number of ketones is 1. The van der Waals surface area contributed by atoms with Crippen LogP contribution in [-0.2, 0) is 16.0 Å². The number of nitro benzene ring substituents is 1. The van der Waals surface area contributed by atoms with E-state index < -0.39 is 34.6 Å². The Bertz CT molecular complexity index is 471. The topological polar surface area (TPSA) is 97.5 Å². The van der Waals surface area contributed by atoms with Crippen LogP contribution in [-0.4, -0.2) is 21.8 Å². The van der Waals surface area contributed by atoms with Gasteiger partial charge >= 0.3 is 11.7 Å². The van der Waals surface area contributed by atoms with Gasteiger partial charge in [0.25, 0.3) is 0 Å². The van der Waals surface area contributed by atoms with Crippen molar-refractivity contribution in [2.24, 2.45) is 0 Å². The number of hydrogen-bond acceptors (Lipinski definition) is 4. The summed E-state index contributed by atoms with van der Waals surface area (Å²) in [5, 5.41) is 18.6. The molecule has 16 heavy (non-hydrogen) atoms. The molecular weight excluding hydrogens is 221 g/mol. The number of nitro groups is 1. The van der Waals surface area contributed by atoms with Crippen molar-refractivity contribution < 1.29 is 24.0 Å². The minimum atomic E-state index is -1.63. The first-order valence-corrected chi connectivity index (χ1v) is 4.10. The van der Waals surface area contributed by atoms with E-state index >= 15 is 0 Å². The molecule has 0 fully saturated rings. The van der Waals surface area contributed by atoms with E-state index in [1.807, 2.05) is 0 Å². The smallest absolute Gasteiger partial charge is 0.372 e. The molecule has 0 heterocycles. The fraction of sp³-hybridized carbons (Fsp3) is 0.111. The fourth-order valence-electron chi connectivity index (χ4n) is 1.07. The lowest BCUT2D eigenvalue weighted by Crippen LogP contribution is -2.15. The molecule has 0 radical (unpaired) electrons. The lowest BCUT2D eigenvalue weighted by molar-refractivity contribution is -0.387. The second-order valence-corrected chi connectivity index (χ2v) is 2.95. The van der Waals surface area contributed by atoms with Gasteiger partial charge in [0, 0.05) is 12.5 Å². The quantitative estimate of drug-likeness (QED) is 0.468. The Labute approximate surface area is 88.5 Å². The fourth-order valence-corrected chi connectivity index (χ4v) is 1.07. The van der Waals surface area contributed by atoms with E-state index in [0.29, 0.717) is 0 Å². The number of benzene rings is 1. The number of nitrogens with zero attached hydrogens (tertiary/aromatic N) is 1. The van der Waals surface area contributed by atoms with Gasteiger partial charge in [0.05, 0.1) is 4.92 Å². The molecule has 84 valence electrons. The van der Waals surface area contributed by atoms with Gasteiger partial charge in [-0.3, -0.25) is 14.9 Å². The summed E-state index contributed by atoms with van der Waals surface area (Å²) in [6.45, 7) is 0. The molecule has 1 aromatic carbocycles. The van der Waals surface area contributed by atoms with Gasteiger partial charge < -0.3 is 5.11 Å². The normalized spacial score (nSPS) is 9.81. The molecule has 0 spiro atoms. The molecule has 1 N–H and O–H groups in total. The zero-order chi connectivity index (χ0) is 12.3. The van der Waals surface area contributed by atoms with Gasteiger partial charge in [-0.05, 0) is 11.6 Å². The molecule has 0 amide bonds. The summed E-state index contributed by atoms with van der Waals surface area (Å²) in [5.41, 5.74) is -0.637. The Balaban J connectivity index is 2.94. The highest BCUT2D eigenvalue weighted by atomic mass is 19.1. The molecule has 0 saturated carbocycles. The molecule has 1 rings (SSSR count). The van der Waals surface area contributed by atoms with Crippen LogP contribution in [0.25, 0.3) is 0 Å². The maximum atomic E-state index is 13.1. The summed E-state index contributed by atoms with van der Waals surface area (Å²) in [7, 11) is 0. The monoisotopic (exact) mass is 227 g/mol. The highest BCUT2D eigenvalue weighted by Crippen LogP contribution is 2.18. The van der Waals surface area contributed by atoms with Crippen LogP contribution in [0.5, 0.6) is 0 Å². The highest BCUT2D eigenvalue weighted by molar-refractivity contribution is 6.33. The molecule has 0 aliphatic heterocycles. The largest absolute Gasteiger partial charge is 0.475 e. The summed E-state index contributed by atoms with van der Waals surface area (Å²) in [6, 6.07) is 2.81. The summed E-state index contributed by atoms with van der Waals surface area (Å²) >= 11 is 0. The number of hydrogen-bond donors (Lipinski definition) is 1. The van der Waals surface area contributed by atoms with Gasteiger partial charge in [-0.2, -0.15) is 4.39 Å². The van der Waals surface area contributed by atoms with Gasteiger partial charge in [-0.15, -0.1) is 0 Å². The van der Waals surface area contributed by atoms with Gasteiger partial charge in [-0.1, -0.05) is 6.07 Å². The summed E-state index contributed by atoms with van der Waals surface area (Å²) in [5.74, 6) is -3.83. The SMILES string of the molecule is O=C(O)C(=O)Cc1ccc([N+](=O)[O-])c(F)c1. The molecule has 1 aromatic rings. The number of aliphatic carboxylic acids is 1. The molecule has 0 unspecified atom stereocenters. The third kappa shape index (κ3) is 2.59. The Kier molecular flexibility index (Phi) is 3.29. The first kappa shape index (κ1) is 11.8. The molecule has 0 aliphatic rings. The number of carboxylic acids is 1. The summed E-state index contributed by atoms with van der Waals surface area (Å²) in [6.07, 6.45) is -0.496. The first-order chi connectivity index (χ1) is 7.41. The van der Waals surface area contributed by atoms with Crippen molar-refractivity contribution in [3.05, 3.63) is 39.7 Å². The van der Waals surface area contributed by atoms with E-state index in [9.17, 15) is 24.1 Å². The van der Waals surface area contributed by atoms with Crippen molar-refractivity contribution in [3.8, 4) is 0 Å². The van der Waals surface area contributed by atoms with E-state index in [1.165, 1.54) is 0 Å². The Morgan fingerprint density at radius 3 is 2.50 bits per heavy atom. The zero-order valence-electron chi connectivity index (χ0n) is 7.84. The number of Topliss-reactive ketones (excluding diaryl/α,β-unsaturated/α-hetero) is 1. The maximum Gasteiger partial charge on any atom is 0.372 e. The predicted molar refractivity (Wildman–Crippen MR) is 49.4 cm³/mol. The number of carboxylic acid groups (broad SMARTS) is 1. The Hall–Kier alpha value is -2.31. The van der Waals surface area contributed by atoms with Gasteiger partial charge in [0.1, 0.15) is 0 Å². The molecule has 6 nitrogen and oxygen atoms in total. The van der Waals surface area contributed by atoms with E-state index in [-0.39, 0.29) is 5.56 Å². The average Bonchev–Trinajstić information content (AvgIpc) is 2.16. The van der Waals surface area contributed by atoms with Crippen molar-refractivity contribution in [1.82, 2.24) is 0 Å². The first-order valence-electron chi connectivity index (χ1n) is 4.10. The van der Waals surface area contributed by atoms with Crippen molar-refractivity contribution >= 4 is 17.4 Å². The standard InChI is InChI=1S/C9H6FNO5/c10-6-3-5(4-8(12)9(13)14)1-2-7(6)11(15)16/h1-3H,4H2,(H,13,14). The maximum absolute atomic E-state index is 13.1. The second-order valence-electron chi connectivity index (χ2n) is 2.95. The van der Waals surface area contributed by atoms with Gasteiger partial charge in [0.2, 0.25) is 11.6 Å². The molecule has 0 aromatic heterocycles. The third-order valence-corrected chi connectivity index (χ3v) is 1.81. The Morgan fingerprint density at radius 1 is 1.44 bits per heavy atom. The van der Waals surface area contributed by atoms with Crippen molar-refractivity contribution in [2.75, 3.05) is 0 Å². The van der Waals surface area contributed by atoms with Crippen LogP contribution >= 0.6 is 0 Å². The molecule has 0 aliphatic carbocycles. The van der Waals surface area contributed by atoms with E-state index in [0.717, 1.165) is 18.2 Å². The summed E-state index contributed by atoms with van der Waals surface area (Å²) in [4.78, 5) is 30.4. The van der Waals surface area contributed by atoms with Crippen molar-refractivity contribution in [2.45, 2.75) is 6.42 Å². The second kappa shape index (κ2) is 4.47. The van der Waals surface area contributed by atoms with Crippen molar-refractivity contribution in [1.29, 1.82) is 0 Å². The minimum absolute atomic E-state index is 0.0792. The Morgan fingerprint density at radius 2 is 2.06 bits per heavy atom. The molecule has 0 atom stereocenters. The highest BCUT2D eigenvalue weighted by Gasteiger charge is 2.17. The van der Waals surface area contributed by atoms with E-state index in [1.54, 1.807) is 0 Å². The molecule has 0 bridgehead atoms. The zero-order valence-corrected chi connectivity index (χ0v) is 7.84. The van der Waals surface area contributed by atoms with Crippen LogP contribution in [0.1, 0.15) is 5.56 Å².